The largest absolute Gasteiger partial charge is 0.479 e. The molecule has 2 aliphatic rings. The summed E-state index contributed by atoms with van der Waals surface area (Å²) >= 11 is 0. The average Bonchev–Trinajstić information content (AvgIpc) is 2.76. The summed E-state index contributed by atoms with van der Waals surface area (Å²) in [6, 6.07) is -2.27. The van der Waals surface area contributed by atoms with Gasteiger partial charge >= 0.3 is 22.4 Å². The normalized spacial score (nSPS) is 24.9. The molecule has 2 aliphatic heterocycles. The molecule has 160 valence electrons. The molecule has 28 heavy (non-hydrogen) atoms. The Labute approximate surface area is 164 Å². The molecule has 2 saturated heterocycles. The van der Waals surface area contributed by atoms with Crippen LogP contribution >= 0.6 is 0 Å². The number of aliphatic carboxylic acids is 1. The number of primary amides is 1. The molecule has 3 N–H and O–H groups in total. The van der Waals surface area contributed by atoms with Gasteiger partial charge in [-0.05, 0) is 38.0 Å². The van der Waals surface area contributed by atoms with Gasteiger partial charge in [0.1, 0.15) is 6.04 Å². The first-order valence-corrected chi connectivity index (χ1v) is 10.3. The van der Waals surface area contributed by atoms with Gasteiger partial charge in [-0.15, -0.1) is 4.28 Å². The van der Waals surface area contributed by atoms with Gasteiger partial charge in [0.15, 0.2) is 5.60 Å². The Hall–Kier alpha value is -1.92. The van der Waals surface area contributed by atoms with Gasteiger partial charge in [0.2, 0.25) is 5.91 Å². The zero-order valence-electron chi connectivity index (χ0n) is 16.4. The molecule has 3 amide bonds. The number of hydrogen-bond acceptors (Lipinski definition) is 7. The van der Waals surface area contributed by atoms with Crippen molar-refractivity contribution in [1.29, 1.82) is 0 Å². The molecule has 2 rings (SSSR count). The molecule has 0 aromatic rings. The number of piperidine rings is 1. The van der Waals surface area contributed by atoms with Crippen LogP contribution in [-0.4, -0.2) is 65.6 Å². The molecular formula is C16H27N3O8S. The van der Waals surface area contributed by atoms with Crippen molar-refractivity contribution in [1.82, 2.24) is 9.96 Å². The van der Waals surface area contributed by atoms with Crippen molar-refractivity contribution in [2.24, 2.45) is 11.1 Å². The van der Waals surface area contributed by atoms with Crippen molar-refractivity contribution in [3.8, 4) is 0 Å². The Morgan fingerprint density at radius 3 is 2.32 bits per heavy atom. The van der Waals surface area contributed by atoms with E-state index in [1.165, 1.54) is 0 Å². The Morgan fingerprint density at radius 2 is 1.82 bits per heavy atom. The van der Waals surface area contributed by atoms with Gasteiger partial charge in [-0.1, -0.05) is 20.8 Å². The first-order valence-electron chi connectivity index (χ1n) is 8.93. The number of hydrogen-bond donors (Lipinski definition) is 2. The molecule has 0 radical (unpaired) electrons. The minimum absolute atomic E-state index is 0.0817. The summed E-state index contributed by atoms with van der Waals surface area (Å²) in [7, 11) is -4.86. The van der Waals surface area contributed by atoms with E-state index in [1.54, 1.807) is 0 Å². The third kappa shape index (κ3) is 4.92. The standard InChI is InChI=1S/C16H27N3O8S/c1-15(2,3)7-8-16(4,13(21)22)26-28(24,25)27-19-10-5-6-11(12(17)20)18(9-10)14(19)23/h10-11H,5-9H2,1-4H3,(H2,17,20)(H,21,22)/t10-,11+,16?/m1/s1. The van der Waals surface area contributed by atoms with Crippen LogP contribution in [0.15, 0.2) is 0 Å². The molecular weight excluding hydrogens is 394 g/mol. The first-order chi connectivity index (χ1) is 12.7. The van der Waals surface area contributed by atoms with E-state index in [9.17, 15) is 27.9 Å². The number of amides is 3. The number of urea groups is 1. The molecule has 0 aliphatic carbocycles. The Bertz CT molecular complexity index is 762. The molecule has 1 unspecified atom stereocenters. The smallest absolute Gasteiger partial charge is 0.422 e. The molecule has 3 atom stereocenters. The summed E-state index contributed by atoms with van der Waals surface area (Å²) < 4.78 is 34.4. The molecule has 0 saturated carbocycles. The van der Waals surface area contributed by atoms with E-state index in [2.05, 4.69) is 0 Å². The number of fused-ring (bicyclic) bond motifs is 2. The van der Waals surface area contributed by atoms with Crippen LogP contribution in [0.25, 0.3) is 0 Å². The fourth-order valence-corrected chi connectivity index (χ4v) is 4.18. The molecule has 12 heteroatoms. The van der Waals surface area contributed by atoms with Crippen molar-refractivity contribution in [2.75, 3.05) is 6.54 Å². The highest BCUT2D eigenvalue weighted by Crippen LogP contribution is 2.33. The van der Waals surface area contributed by atoms with Gasteiger partial charge < -0.3 is 15.7 Å². The lowest BCUT2D eigenvalue weighted by molar-refractivity contribution is -0.156. The van der Waals surface area contributed by atoms with Crippen LogP contribution in [0.4, 0.5) is 4.79 Å². The Kier molecular flexibility index (Phi) is 5.98. The van der Waals surface area contributed by atoms with E-state index in [0.29, 0.717) is 17.9 Å². The number of carbonyl (C=O) groups is 3. The zero-order valence-corrected chi connectivity index (χ0v) is 17.2. The second kappa shape index (κ2) is 7.48. The van der Waals surface area contributed by atoms with Crippen LogP contribution < -0.4 is 5.73 Å². The highest BCUT2D eigenvalue weighted by atomic mass is 32.3. The van der Waals surface area contributed by atoms with Gasteiger partial charge in [-0.3, -0.25) is 4.79 Å². The van der Waals surface area contributed by atoms with E-state index < -0.39 is 46.0 Å². The van der Waals surface area contributed by atoms with Crippen LogP contribution in [0, 0.1) is 5.41 Å². The van der Waals surface area contributed by atoms with Crippen molar-refractivity contribution < 1.29 is 36.4 Å². The topological polar surface area (TPSA) is 157 Å². The number of carboxylic acid groups (broad SMARTS) is 1. The maximum absolute atomic E-state index is 12.4. The van der Waals surface area contributed by atoms with E-state index >= 15 is 0 Å². The van der Waals surface area contributed by atoms with Crippen LogP contribution in [0.2, 0.25) is 0 Å². The monoisotopic (exact) mass is 421 g/mol. The maximum Gasteiger partial charge on any atom is 0.422 e. The van der Waals surface area contributed by atoms with Crippen LogP contribution in [0.5, 0.6) is 0 Å². The molecule has 0 spiro atoms. The maximum atomic E-state index is 12.4. The van der Waals surface area contributed by atoms with Gasteiger partial charge in [0, 0.05) is 6.54 Å². The average molecular weight is 421 g/mol. The fourth-order valence-electron chi connectivity index (χ4n) is 3.16. The van der Waals surface area contributed by atoms with Crippen molar-refractivity contribution in [3.63, 3.8) is 0 Å². The molecule has 2 bridgehead atoms. The van der Waals surface area contributed by atoms with Gasteiger partial charge in [0.05, 0.1) is 6.04 Å². The minimum Gasteiger partial charge on any atom is -0.479 e. The fraction of sp³-hybridized carbons (Fsp3) is 0.812. The quantitative estimate of drug-likeness (QED) is 0.577. The Balaban J connectivity index is 2.13. The summed E-state index contributed by atoms with van der Waals surface area (Å²) in [5.41, 5.74) is 2.97. The number of carboxylic acids is 1. The van der Waals surface area contributed by atoms with Crippen LogP contribution in [-0.2, 0) is 28.5 Å². The highest BCUT2D eigenvalue weighted by molar-refractivity contribution is 7.81. The van der Waals surface area contributed by atoms with Crippen LogP contribution in [0.1, 0.15) is 53.4 Å². The SMILES string of the molecule is CC(C)(C)CCC(C)(OS(=O)(=O)ON1C(=O)N2C[C@H]1CC[C@H]2C(N)=O)C(=O)O. The zero-order chi connectivity index (χ0) is 21.5. The second-order valence-corrected chi connectivity index (χ2v) is 9.71. The third-order valence-corrected chi connectivity index (χ3v) is 5.83. The summed E-state index contributed by atoms with van der Waals surface area (Å²) in [6.07, 6.45) is 0.892. The first kappa shape index (κ1) is 22.4. The summed E-state index contributed by atoms with van der Waals surface area (Å²) in [5, 5.41) is 10.1. The Morgan fingerprint density at radius 1 is 1.21 bits per heavy atom. The molecule has 11 nitrogen and oxygen atoms in total. The van der Waals surface area contributed by atoms with Gasteiger partial charge in [-0.25, -0.2) is 13.8 Å². The number of rotatable bonds is 8. The number of nitrogens with zero attached hydrogens (tertiary/aromatic N) is 2. The predicted octanol–water partition coefficient (Wildman–Crippen LogP) is 0.603. The number of nitrogens with two attached hydrogens (primary N) is 1. The molecule has 2 fully saturated rings. The van der Waals surface area contributed by atoms with Crippen molar-refractivity contribution in [3.05, 3.63) is 0 Å². The lowest BCUT2D eigenvalue weighted by Gasteiger charge is -2.29. The number of hydroxylamine groups is 2. The van der Waals surface area contributed by atoms with Crippen LogP contribution in [0.3, 0.4) is 0 Å². The molecule has 0 aromatic carbocycles. The summed E-state index contributed by atoms with van der Waals surface area (Å²) in [4.78, 5) is 36.6. The summed E-state index contributed by atoms with van der Waals surface area (Å²) in [5.74, 6) is -2.15. The predicted molar refractivity (Wildman–Crippen MR) is 95.8 cm³/mol. The second-order valence-electron chi connectivity index (χ2n) is 8.57. The van der Waals surface area contributed by atoms with E-state index in [4.69, 9.17) is 14.2 Å². The van der Waals surface area contributed by atoms with Crippen molar-refractivity contribution >= 4 is 28.3 Å². The third-order valence-electron chi connectivity index (χ3n) is 4.91. The van der Waals surface area contributed by atoms with E-state index in [0.717, 1.165) is 11.8 Å². The van der Waals surface area contributed by atoms with Gasteiger partial charge in [0.25, 0.3) is 0 Å². The lowest BCUT2D eigenvalue weighted by Crippen LogP contribution is -2.48. The molecule has 2 heterocycles. The number of carbonyl (C=O) groups excluding carboxylic acids is 2. The lowest BCUT2D eigenvalue weighted by atomic mass is 9.85. The highest BCUT2D eigenvalue weighted by Gasteiger charge is 2.50. The molecule has 0 aromatic heterocycles. The van der Waals surface area contributed by atoms with Crippen molar-refractivity contribution in [2.45, 2.75) is 71.1 Å². The summed E-state index contributed by atoms with van der Waals surface area (Å²) in [6.45, 7) is 6.87. The van der Waals surface area contributed by atoms with Gasteiger partial charge in [-0.2, -0.15) is 13.5 Å². The minimum atomic E-state index is -4.86. The van der Waals surface area contributed by atoms with E-state index in [-0.39, 0.29) is 24.8 Å². The van der Waals surface area contributed by atoms with E-state index in [1.807, 2.05) is 20.8 Å².